The molecule has 1 N–H and O–H groups in total. The van der Waals surface area contributed by atoms with Crippen LogP contribution in [0.25, 0.3) is 10.8 Å². The molecule has 17 heavy (non-hydrogen) atoms. The fourth-order valence-corrected chi connectivity index (χ4v) is 2.37. The van der Waals surface area contributed by atoms with Crippen LogP contribution in [-0.2, 0) is 4.74 Å². The van der Waals surface area contributed by atoms with E-state index in [1.807, 2.05) is 12.4 Å². The van der Waals surface area contributed by atoms with Gasteiger partial charge in [0.1, 0.15) is 0 Å². The van der Waals surface area contributed by atoms with Crippen molar-refractivity contribution in [3.8, 4) is 0 Å². The molecule has 1 saturated heterocycles. The molecule has 0 aliphatic carbocycles. The van der Waals surface area contributed by atoms with E-state index < -0.39 is 0 Å². The molecule has 0 amide bonds. The van der Waals surface area contributed by atoms with Gasteiger partial charge >= 0.3 is 0 Å². The van der Waals surface area contributed by atoms with Gasteiger partial charge in [0.15, 0.2) is 0 Å². The molecule has 88 valence electrons. The molecular formula is C14H16N2O. The van der Waals surface area contributed by atoms with E-state index in [0.29, 0.717) is 6.04 Å². The molecule has 1 aromatic carbocycles. The predicted octanol–water partition coefficient (Wildman–Crippen LogP) is 2.82. The summed E-state index contributed by atoms with van der Waals surface area (Å²) in [6.07, 6.45) is 5.09. The molecule has 0 bridgehead atoms. The topological polar surface area (TPSA) is 34.1 Å². The lowest BCUT2D eigenvalue weighted by molar-refractivity contribution is 0.121. The third-order valence-corrected chi connectivity index (χ3v) is 3.40. The number of nitrogens with one attached hydrogen (secondary N) is 1. The zero-order chi connectivity index (χ0) is 11.7. The molecule has 0 saturated carbocycles. The first-order chi connectivity index (χ1) is 8.34. The molecule has 3 heteroatoms. The van der Waals surface area contributed by atoms with E-state index in [2.05, 4.69) is 41.5 Å². The van der Waals surface area contributed by atoms with E-state index in [1.165, 1.54) is 16.5 Å². The van der Waals surface area contributed by atoms with Crippen molar-refractivity contribution in [1.29, 1.82) is 0 Å². The van der Waals surface area contributed by atoms with Crippen LogP contribution < -0.4 is 5.32 Å². The van der Waals surface area contributed by atoms with Crippen molar-refractivity contribution in [3.63, 3.8) is 0 Å². The van der Waals surface area contributed by atoms with Gasteiger partial charge in [0.25, 0.3) is 0 Å². The summed E-state index contributed by atoms with van der Waals surface area (Å²) in [5.41, 5.74) is 1.17. The Bertz CT molecular complexity index is 521. The summed E-state index contributed by atoms with van der Waals surface area (Å²) in [5.74, 6) is 0. The highest BCUT2D eigenvalue weighted by Crippen LogP contribution is 2.25. The van der Waals surface area contributed by atoms with Crippen molar-refractivity contribution in [2.24, 2.45) is 0 Å². The summed E-state index contributed by atoms with van der Waals surface area (Å²) < 4.78 is 5.57. The van der Waals surface area contributed by atoms with Crippen LogP contribution in [0.3, 0.4) is 0 Å². The normalized spacial score (nSPS) is 24.1. The van der Waals surface area contributed by atoms with Gasteiger partial charge in [-0.25, -0.2) is 0 Å². The minimum Gasteiger partial charge on any atom is -0.379 e. The molecule has 1 aliphatic rings. The van der Waals surface area contributed by atoms with Gasteiger partial charge in [0, 0.05) is 35.5 Å². The lowest BCUT2D eigenvalue weighted by Crippen LogP contribution is -2.26. The minimum absolute atomic E-state index is 0.284. The second kappa shape index (κ2) is 4.34. The average Bonchev–Trinajstić information content (AvgIpc) is 2.76. The first-order valence-corrected chi connectivity index (χ1v) is 6.05. The Morgan fingerprint density at radius 2 is 2.29 bits per heavy atom. The molecule has 2 aromatic rings. The predicted molar refractivity (Wildman–Crippen MR) is 69.2 cm³/mol. The Hall–Kier alpha value is -1.61. The first kappa shape index (κ1) is 10.5. The Balaban J connectivity index is 1.94. The summed E-state index contributed by atoms with van der Waals surface area (Å²) in [6.45, 7) is 2.97. The van der Waals surface area contributed by atoms with Gasteiger partial charge in [0.2, 0.25) is 0 Å². The van der Waals surface area contributed by atoms with E-state index in [4.69, 9.17) is 4.74 Å². The van der Waals surface area contributed by atoms with Gasteiger partial charge in [-0.3, -0.25) is 4.98 Å². The highest BCUT2D eigenvalue weighted by atomic mass is 16.5. The molecule has 1 aromatic heterocycles. The molecule has 2 unspecified atom stereocenters. The Morgan fingerprint density at radius 3 is 3.12 bits per heavy atom. The monoisotopic (exact) mass is 228 g/mol. The van der Waals surface area contributed by atoms with Gasteiger partial charge in [-0.05, 0) is 25.5 Å². The van der Waals surface area contributed by atoms with Gasteiger partial charge in [-0.15, -0.1) is 0 Å². The van der Waals surface area contributed by atoms with Gasteiger partial charge in [-0.2, -0.15) is 0 Å². The number of aromatic nitrogens is 1. The second-order valence-electron chi connectivity index (χ2n) is 4.52. The standard InChI is InChI=1S/C14H16N2O/c1-10-13(6-8-17-10)16-14-4-2-3-11-9-15-7-5-12(11)14/h2-5,7,9-10,13,16H,6,8H2,1H3. The zero-order valence-electron chi connectivity index (χ0n) is 9.89. The fourth-order valence-electron chi connectivity index (χ4n) is 2.37. The van der Waals surface area contributed by atoms with Crippen LogP contribution in [0, 0.1) is 0 Å². The van der Waals surface area contributed by atoms with Crippen molar-refractivity contribution in [1.82, 2.24) is 4.98 Å². The molecule has 0 spiro atoms. The third-order valence-electron chi connectivity index (χ3n) is 3.40. The number of hydrogen-bond acceptors (Lipinski definition) is 3. The number of nitrogens with zero attached hydrogens (tertiary/aromatic N) is 1. The molecule has 1 aliphatic heterocycles. The fraction of sp³-hybridized carbons (Fsp3) is 0.357. The van der Waals surface area contributed by atoms with E-state index in [0.717, 1.165) is 13.0 Å². The maximum absolute atomic E-state index is 5.57. The average molecular weight is 228 g/mol. The van der Waals surface area contributed by atoms with Crippen LogP contribution in [0.5, 0.6) is 0 Å². The number of hydrogen-bond donors (Lipinski definition) is 1. The third kappa shape index (κ3) is 1.98. The van der Waals surface area contributed by atoms with E-state index in [9.17, 15) is 0 Å². The number of fused-ring (bicyclic) bond motifs is 1. The summed E-state index contributed by atoms with van der Waals surface area (Å²) >= 11 is 0. The van der Waals surface area contributed by atoms with Crippen LogP contribution in [0.2, 0.25) is 0 Å². The molecular weight excluding hydrogens is 212 g/mol. The smallest absolute Gasteiger partial charge is 0.0748 e. The van der Waals surface area contributed by atoms with Crippen LogP contribution in [0.4, 0.5) is 5.69 Å². The van der Waals surface area contributed by atoms with Crippen LogP contribution in [0.1, 0.15) is 13.3 Å². The van der Waals surface area contributed by atoms with Crippen molar-refractivity contribution in [3.05, 3.63) is 36.7 Å². The number of benzene rings is 1. The molecule has 3 nitrogen and oxygen atoms in total. The van der Waals surface area contributed by atoms with Gasteiger partial charge < -0.3 is 10.1 Å². The Labute approximate surface area is 101 Å². The van der Waals surface area contributed by atoms with Gasteiger partial charge in [0.05, 0.1) is 12.1 Å². The van der Waals surface area contributed by atoms with Crippen LogP contribution in [0.15, 0.2) is 36.7 Å². The SMILES string of the molecule is CC1OCCC1Nc1cccc2cnccc12. The van der Waals surface area contributed by atoms with Crippen LogP contribution >= 0.6 is 0 Å². The van der Waals surface area contributed by atoms with E-state index in [1.54, 1.807) is 0 Å². The highest BCUT2D eigenvalue weighted by Gasteiger charge is 2.24. The van der Waals surface area contributed by atoms with E-state index in [-0.39, 0.29) is 6.10 Å². The number of pyridine rings is 1. The molecule has 2 heterocycles. The van der Waals surface area contributed by atoms with Crippen molar-refractivity contribution < 1.29 is 4.74 Å². The maximum atomic E-state index is 5.57. The minimum atomic E-state index is 0.284. The maximum Gasteiger partial charge on any atom is 0.0748 e. The summed E-state index contributed by atoms with van der Waals surface area (Å²) in [7, 11) is 0. The largest absolute Gasteiger partial charge is 0.379 e. The Morgan fingerprint density at radius 1 is 1.35 bits per heavy atom. The zero-order valence-corrected chi connectivity index (χ0v) is 9.89. The van der Waals surface area contributed by atoms with Crippen LogP contribution in [-0.4, -0.2) is 23.7 Å². The van der Waals surface area contributed by atoms with Crippen molar-refractivity contribution in [2.75, 3.05) is 11.9 Å². The second-order valence-corrected chi connectivity index (χ2v) is 4.52. The van der Waals surface area contributed by atoms with E-state index >= 15 is 0 Å². The number of anilines is 1. The Kier molecular flexibility index (Phi) is 2.69. The number of ether oxygens (including phenoxy) is 1. The van der Waals surface area contributed by atoms with Crippen molar-refractivity contribution >= 4 is 16.5 Å². The summed E-state index contributed by atoms with van der Waals surface area (Å²) in [5, 5.41) is 5.97. The molecule has 2 atom stereocenters. The first-order valence-electron chi connectivity index (χ1n) is 6.05. The molecule has 3 rings (SSSR count). The molecule has 0 radical (unpaired) electrons. The van der Waals surface area contributed by atoms with Crippen molar-refractivity contribution in [2.45, 2.75) is 25.5 Å². The summed E-state index contributed by atoms with van der Waals surface area (Å²) in [4.78, 5) is 4.15. The highest BCUT2D eigenvalue weighted by molar-refractivity contribution is 5.93. The lowest BCUT2D eigenvalue weighted by Gasteiger charge is -2.18. The van der Waals surface area contributed by atoms with Gasteiger partial charge in [-0.1, -0.05) is 12.1 Å². The quantitative estimate of drug-likeness (QED) is 0.858. The summed E-state index contributed by atoms with van der Waals surface area (Å²) in [6, 6.07) is 8.73. The lowest BCUT2D eigenvalue weighted by atomic mass is 10.1. The number of rotatable bonds is 2. The molecule has 1 fully saturated rings.